The molecule has 2 atom stereocenters. The van der Waals surface area contributed by atoms with Crippen LogP contribution in [-0.2, 0) is 15.8 Å². The Morgan fingerprint density at radius 2 is 1.84 bits per heavy atom. The number of amides is 2. The van der Waals surface area contributed by atoms with E-state index in [9.17, 15) is 36.6 Å². The Balaban J connectivity index is 1.41. The van der Waals surface area contributed by atoms with Gasteiger partial charge in [0, 0.05) is 22.6 Å². The number of aliphatic hydroxyl groups is 1. The minimum absolute atomic E-state index is 0.0324. The van der Waals surface area contributed by atoms with Crippen molar-refractivity contribution >= 4 is 33.4 Å². The number of hydrogen-bond acceptors (Lipinski definition) is 7. The number of benzene rings is 2. The third-order valence-electron chi connectivity index (χ3n) is 8.20. The molecule has 2 amide bonds. The van der Waals surface area contributed by atoms with Crippen LogP contribution in [0.1, 0.15) is 58.7 Å². The van der Waals surface area contributed by atoms with E-state index in [1.54, 1.807) is 6.92 Å². The second-order valence-corrected chi connectivity index (χ2v) is 12.1. The van der Waals surface area contributed by atoms with Crippen LogP contribution in [0.2, 0.25) is 0 Å². The van der Waals surface area contributed by atoms with Gasteiger partial charge in [0.15, 0.2) is 5.82 Å². The van der Waals surface area contributed by atoms with Crippen molar-refractivity contribution in [1.82, 2.24) is 15.3 Å². The van der Waals surface area contributed by atoms with E-state index >= 15 is 0 Å². The highest BCUT2D eigenvalue weighted by molar-refractivity contribution is 7.18. The molecule has 4 N–H and O–H groups in total. The van der Waals surface area contributed by atoms with Crippen LogP contribution in [0.5, 0.6) is 5.75 Å². The second kappa shape index (κ2) is 10.5. The fraction of sp³-hybridized carbons (Fsp3) is 0.333. The topological polar surface area (TPSA) is 127 Å². The van der Waals surface area contributed by atoms with Gasteiger partial charge >= 0.3 is 6.18 Å². The van der Waals surface area contributed by atoms with Crippen LogP contribution in [0.4, 0.5) is 22.0 Å². The lowest BCUT2D eigenvalue weighted by Gasteiger charge is -2.32. The quantitative estimate of drug-likeness (QED) is 0.229. The molecule has 230 valence electrons. The Morgan fingerprint density at radius 1 is 1.14 bits per heavy atom. The Hall–Kier alpha value is -4.17. The average molecular weight is 633 g/mol. The zero-order valence-electron chi connectivity index (χ0n) is 23.1. The number of nitrogens with one attached hydrogen (secondary N) is 1. The monoisotopic (exact) mass is 632 g/mol. The molecule has 2 aromatic heterocycles. The highest BCUT2D eigenvalue weighted by atomic mass is 32.1. The zero-order valence-corrected chi connectivity index (χ0v) is 23.9. The summed E-state index contributed by atoms with van der Waals surface area (Å²) >= 11 is 1.21. The van der Waals surface area contributed by atoms with Crippen LogP contribution in [0, 0.1) is 11.6 Å². The molecule has 1 saturated carbocycles. The van der Waals surface area contributed by atoms with Crippen LogP contribution in [0.3, 0.4) is 0 Å². The van der Waals surface area contributed by atoms with Gasteiger partial charge in [-0.2, -0.15) is 13.2 Å². The largest absolute Gasteiger partial charge is 0.489 e. The van der Waals surface area contributed by atoms with E-state index in [4.69, 9.17) is 10.5 Å². The molecule has 0 spiro atoms. The van der Waals surface area contributed by atoms with Crippen LogP contribution in [0.25, 0.3) is 21.5 Å². The third-order valence-corrected chi connectivity index (χ3v) is 9.36. The maximum Gasteiger partial charge on any atom is 0.424 e. The van der Waals surface area contributed by atoms with Crippen molar-refractivity contribution in [1.29, 1.82) is 0 Å². The number of ether oxygens (including phenoxy) is 1. The van der Waals surface area contributed by atoms with Gasteiger partial charge in [-0.25, -0.2) is 18.7 Å². The van der Waals surface area contributed by atoms with Gasteiger partial charge in [0.2, 0.25) is 11.5 Å². The fourth-order valence-electron chi connectivity index (χ4n) is 5.28. The predicted molar refractivity (Wildman–Crippen MR) is 150 cm³/mol. The highest BCUT2D eigenvalue weighted by Crippen LogP contribution is 2.49. The maximum atomic E-state index is 14.8. The summed E-state index contributed by atoms with van der Waals surface area (Å²) in [5.74, 6) is -3.15. The third kappa shape index (κ3) is 4.85. The van der Waals surface area contributed by atoms with Gasteiger partial charge in [0.1, 0.15) is 34.8 Å². The number of carbonyl (C=O) groups excluding carboxylic acids is 2. The SMILES string of the molecule is CC[C@@]1(C(N)=O)COc2c1cc([C@@](O)(CNC(=O)c1cc(F)c3nc(C4CC4)sc3c1)C(F)(F)F)nc2-c1ccc(F)cc1. The van der Waals surface area contributed by atoms with Crippen molar-refractivity contribution in [3.63, 3.8) is 0 Å². The number of fused-ring (bicyclic) bond motifs is 2. The maximum absolute atomic E-state index is 14.8. The van der Waals surface area contributed by atoms with Gasteiger partial charge in [-0.05, 0) is 61.7 Å². The molecule has 1 aliphatic heterocycles. The lowest BCUT2D eigenvalue weighted by molar-refractivity contribution is -0.265. The smallest absolute Gasteiger partial charge is 0.424 e. The summed E-state index contributed by atoms with van der Waals surface area (Å²) in [5, 5.41) is 14.0. The van der Waals surface area contributed by atoms with Gasteiger partial charge in [-0.3, -0.25) is 9.59 Å². The number of halogens is 5. The molecule has 4 aromatic rings. The number of pyridine rings is 1. The minimum atomic E-state index is -5.39. The molecular weight excluding hydrogens is 607 g/mol. The van der Waals surface area contributed by atoms with Crippen LogP contribution < -0.4 is 15.8 Å². The fourth-order valence-corrected chi connectivity index (χ4v) is 6.47. The van der Waals surface area contributed by atoms with E-state index in [-0.39, 0.29) is 52.6 Å². The zero-order chi connectivity index (χ0) is 31.6. The number of carbonyl (C=O) groups is 2. The average Bonchev–Trinajstić information content (AvgIpc) is 3.62. The normalized spacial score (nSPS) is 19.3. The van der Waals surface area contributed by atoms with E-state index in [1.165, 1.54) is 29.5 Å². The van der Waals surface area contributed by atoms with E-state index in [2.05, 4.69) is 15.3 Å². The standard InChI is InChI=1S/C30H25F5N4O4S/c1-2-28(27(36)41)13-43-24-18(28)11-21(38-22(24)14-5-7-17(31)8-6-14)29(42,30(33,34)35)12-37-25(40)16-9-19(32)23-20(10-16)44-26(39-23)15-3-4-15/h5-11,15,42H,2-4,12-13H2,1H3,(H2,36,41)(H,37,40)/t28-,29+/m1/s1. The Kier molecular flexibility index (Phi) is 7.11. The van der Waals surface area contributed by atoms with E-state index in [0.717, 1.165) is 42.1 Å². The molecule has 8 nitrogen and oxygen atoms in total. The van der Waals surface area contributed by atoms with Gasteiger partial charge in [-0.1, -0.05) is 6.92 Å². The molecule has 2 aliphatic rings. The number of rotatable bonds is 8. The van der Waals surface area contributed by atoms with Crippen molar-refractivity contribution in [2.75, 3.05) is 13.2 Å². The molecule has 44 heavy (non-hydrogen) atoms. The van der Waals surface area contributed by atoms with E-state index < -0.39 is 52.9 Å². The van der Waals surface area contributed by atoms with Crippen molar-refractivity contribution in [2.24, 2.45) is 5.73 Å². The van der Waals surface area contributed by atoms with Gasteiger partial charge < -0.3 is 20.9 Å². The number of aromatic nitrogens is 2. The number of nitrogens with zero attached hydrogens (tertiary/aromatic N) is 2. The lowest BCUT2D eigenvalue weighted by atomic mass is 9.78. The summed E-state index contributed by atoms with van der Waals surface area (Å²) in [7, 11) is 0. The Labute approximate surface area is 251 Å². The van der Waals surface area contributed by atoms with Crippen molar-refractivity contribution in [2.45, 2.75) is 49.3 Å². The molecule has 0 radical (unpaired) electrons. The molecule has 0 bridgehead atoms. The molecule has 1 aliphatic carbocycles. The first-order chi connectivity index (χ1) is 20.8. The van der Waals surface area contributed by atoms with Gasteiger partial charge in [-0.15, -0.1) is 11.3 Å². The van der Waals surface area contributed by atoms with Crippen LogP contribution >= 0.6 is 11.3 Å². The van der Waals surface area contributed by atoms with Gasteiger partial charge in [0.25, 0.3) is 5.91 Å². The molecule has 3 heterocycles. The minimum Gasteiger partial charge on any atom is -0.489 e. The first kappa shape index (κ1) is 29.9. The molecule has 0 saturated heterocycles. The molecule has 0 unspecified atom stereocenters. The van der Waals surface area contributed by atoms with E-state index in [0.29, 0.717) is 4.70 Å². The summed E-state index contributed by atoms with van der Waals surface area (Å²) in [5.41, 5.74) is -0.848. The highest BCUT2D eigenvalue weighted by Gasteiger charge is 2.58. The first-order valence-electron chi connectivity index (χ1n) is 13.7. The molecule has 14 heteroatoms. The van der Waals surface area contributed by atoms with Crippen molar-refractivity contribution in [3.8, 4) is 17.0 Å². The summed E-state index contributed by atoms with van der Waals surface area (Å²) in [6.45, 7) is -0.0945. The first-order valence-corrected chi connectivity index (χ1v) is 14.5. The molecule has 2 aromatic carbocycles. The van der Waals surface area contributed by atoms with Gasteiger partial charge in [0.05, 0.1) is 21.9 Å². The summed E-state index contributed by atoms with van der Waals surface area (Å²) in [6, 6.07) is 7.75. The second-order valence-electron chi connectivity index (χ2n) is 11.0. The summed E-state index contributed by atoms with van der Waals surface area (Å²) in [6.07, 6.45) is -3.49. The summed E-state index contributed by atoms with van der Waals surface area (Å²) in [4.78, 5) is 34.0. The number of thiazole rings is 1. The van der Waals surface area contributed by atoms with Crippen molar-refractivity contribution in [3.05, 3.63) is 75.9 Å². The lowest BCUT2D eigenvalue weighted by Crippen LogP contribution is -2.52. The predicted octanol–water partition coefficient (Wildman–Crippen LogP) is 5.22. The van der Waals surface area contributed by atoms with Crippen LogP contribution in [0.15, 0.2) is 42.5 Å². The van der Waals surface area contributed by atoms with Crippen LogP contribution in [-0.4, -0.2) is 46.2 Å². The molecule has 6 rings (SSSR count). The number of hydrogen-bond donors (Lipinski definition) is 3. The number of nitrogens with two attached hydrogens (primary N) is 1. The molecular formula is C30H25F5N4O4S. The Bertz CT molecular complexity index is 1810. The molecule has 1 fully saturated rings. The number of primary amides is 1. The van der Waals surface area contributed by atoms with Crippen molar-refractivity contribution < 1.29 is 41.4 Å². The van der Waals surface area contributed by atoms with E-state index in [1.807, 2.05) is 0 Å². The Morgan fingerprint density at radius 3 is 2.45 bits per heavy atom. The summed E-state index contributed by atoms with van der Waals surface area (Å²) < 4.78 is 78.7. The number of alkyl halides is 3.